The van der Waals surface area contributed by atoms with E-state index in [0.29, 0.717) is 0 Å². The van der Waals surface area contributed by atoms with Gasteiger partial charge in [-0.25, -0.2) is 0 Å². The van der Waals surface area contributed by atoms with Crippen LogP contribution in [0.3, 0.4) is 0 Å². The number of hydrogen-bond acceptors (Lipinski definition) is 2. The zero-order valence-corrected chi connectivity index (χ0v) is 18.5. The van der Waals surface area contributed by atoms with Crippen molar-refractivity contribution in [3.8, 4) is 5.69 Å². The normalized spacial score (nSPS) is 12.3. The summed E-state index contributed by atoms with van der Waals surface area (Å²) >= 11 is 0. The van der Waals surface area contributed by atoms with Crippen LogP contribution in [0.15, 0.2) is 127 Å². The van der Waals surface area contributed by atoms with Crippen LogP contribution in [0, 0.1) is 0 Å². The van der Waals surface area contributed by atoms with Crippen LogP contribution in [0.5, 0.6) is 0 Å². The number of aliphatic imine (C=N–C) groups is 1. The Labute approximate surface area is 197 Å². The molecule has 0 aliphatic carbocycles. The summed E-state index contributed by atoms with van der Waals surface area (Å²) in [5.41, 5.74) is 6.23. The van der Waals surface area contributed by atoms with Gasteiger partial charge in [-0.05, 0) is 54.6 Å². The van der Waals surface area contributed by atoms with Gasteiger partial charge in [0.15, 0.2) is 0 Å². The lowest BCUT2D eigenvalue weighted by Crippen LogP contribution is -1.98. The summed E-state index contributed by atoms with van der Waals surface area (Å²) in [7, 11) is 0. The molecule has 3 heterocycles. The minimum atomic E-state index is 0.738. The van der Waals surface area contributed by atoms with Crippen LogP contribution in [0.25, 0.3) is 44.6 Å². The quantitative estimate of drug-likeness (QED) is 0.261. The van der Waals surface area contributed by atoms with Gasteiger partial charge in [0.05, 0.1) is 28.0 Å². The molecule has 0 saturated heterocycles. The smallest absolute Gasteiger partial charge is 0.0885 e. The summed E-state index contributed by atoms with van der Waals surface area (Å²) in [6.07, 6.45) is 9.33. The number of rotatable bonds is 5. The molecule has 3 aromatic carbocycles. The maximum absolute atomic E-state index is 4.58. The highest BCUT2D eigenvalue weighted by Gasteiger charge is 2.15. The van der Waals surface area contributed by atoms with Crippen molar-refractivity contribution in [1.82, 2.24) is 14.1 Å². The number of para-hydroxylation sites is 2. The molecule has 6 rings (SSSR count). The number of aromatic nitrogens is 3. The van der Waals surface area contributed by atoms with Gasteiger partial charge in [-0.2, -0.15) is 0 Å². The third-order valence-electron chi connectivity index (χ3n) is 6.11. The van der Waals surface area contributed by atoms with Crippen molar-refractivity contribution < 1.29 is 0 Å². The van der Waals surface area contributed by atoms with Crippen molar-refractivity contribution in [3.05, 3.63) is 128 Å². The molecular formula is C30H22N4. The number of fused-ring (bicyclic) bond motifs is 5. The number of nitrogens with zero attached hydrogens (tertiary/aromatic N) is 4. The largest absolute Gasteiger partial charge is 0.322 e. The predicted octanol–water partition coefficient (Wildman–Crippen LogP) is 7.24. The van der Waals surface area contributed by atoms with Crippen LogP contribution < -0.4 is 0 Å². The fraction of sp³-hybridized carbons (Fsp3) is 0. The highest BCUT2D eigenvalue weighted by Crippen LogP contribution is 2.37. The standard InChI is InChI=1S/C30H22N4/c1-2-25(26-13-8-9-18-31-26)32-19-21-33-20-17-24-27(33)15-16-29-30(24)23-12-6-7-14-28(23)34(29)22-10-4-3-5-11-22/h2-21H,1H2. The molecule has 4 heteroatoms. The van der Waals surface area contributed by atoms with Gasteiger partial charge in [-0.3, -0.25) is 9.98 Å². The molecule has 0 aliphatic heterocycles. The van der Waals surface area contributed by atoms with Crippen LogP contribution in [0.2, 0.25) is 0 Å². The molecule has 0 saturated carbocycles. The summed E-state index contributed by atoms with van der Waals surface area (Å²) in [5.74, 6) is 0. The number of hydrogen-bond donors (Lipinski definition) is 0. The fourth-order valence-corrected chi connectivity index (χ4v) is 4.61. The maximum atomic E-state index is 4.58. The highest BCUT2D eigenvalue weighted by atomic mass is 15.0. The second-order valence-corrected chi connectivity index (χ2v) is 8.04. The summed E-state index contributed by atoms with van der Waals surface area (Å²) in [6, 6.07) is 31.5. The lowest BCUT2D eigenvalue weighted by Gasteiger charge is -2.07. The molecular weight excluding hydrogens is 416 g/mol. The Kier molecular flexibility index (Phi) is 4.89. The molecule has 34 heavy (non-hydrogen) atoms. The summed E-state index contributed by atoms with van der Waals surface area (Å²) in [4.78, 5) is 8.94. The van der Waals surface area contributed by atoms with Crippen LogP contribution in [-0.2, 0) is 0 Å². The fourth-order valence-electron chi connectivity index (χ4n) is 4.61. The molecule has 4 nitrogen and oxygen atoms in total. The molecule has 0 unspecified atom stereocenters. The van der Waals surface area contributed by atoms with E-state index in [2.05, 4.69) is 105 Å². The van der Waals surface area contributed by atoms with E-state index in [4.69, 9.17) is 0 Å². The van der Waals surface area contributed by atoms with Gasteiger partial charge in [0.25, 0.3) is 0 Å². The lowest BCUT2D eigenvalue weighted by molar-refractivity contribution is 1.18. The minimum Gasteiger partial charge on any atom is -0.322 e. The van der Waals surface area contributed by atoms with Gasteiger partial charge in [0.2, 0.25) is 0 Å². The van der Waals surface area contributed by atoms with Gasteiger partial charge in [0.1, 0.15) is 0 Å². The van der Waals surface area contributed by atoms with E-state index >= 15 is 0 Å². The molecule has 0 radical (unpaired) electrons. The molecule has 0 aliphatic rings. The van der Waals surface area contributed by atoms with Crippen molar-refractivity contribution in [3.63, 3.8) is 0 Å². The van der Waals surface area contributed by atoms with Gasteiger partial charge >= 0.3 is 0 Å². The SMILES string of the molecule is C=CC(=NC=Cn1ccc2c3c4ccccc4n(-c4ccccc4)c3ccc21)c1ccccn1. The van der Waals surface area contributed by atoms with E-state index in [1.165, 1.54) is 27.2 Å². The van der Waals surface area contributed by atoms with Crippen LogP contribution in [0.4, 0.5) is 0 Å². The average Bonchev–Trinajstić information content (AvgIpc) is 3.46. The van der Waals surface area contributed by atoms with Crippen molar-refractivity contribution in [1.29, 1.82) is 0 Å². The first kappa shape index (κ1) is 19.9. The second-order valence-electron chi connectivity index (χ2n) is 8.04. The van der Waals surface area contributed by atoms with E-state index in [9.17, 15) is 0 Å². The van der Waals surface area contributed by atoms with Crippen molar-refractivity contribution in [2.75, 3.05) is 0 Å². The van der Waals surface area contributed by atoms with Gasteiger partial charge in [-0.15, -0.1) is 0 Å². The Balaban J connectivity index is 1.50. The predicted molar refractivity (Wildman–Crippen MR) is 143 cm³/mol. The number of allylic oxidation sites excluding steroid dienone is 1. The molecule has 0 atom stereocenters. The summed E-state index contributed by atoms with van der Waals surface area (Å²) in [6.45, 7) is 3.88. The first-order chi connectivity index (χ1) is 16.8. The lowest BCUT2D eigenvalue weighted by atomic mass is 10.1. The van der Waals surface area contributed by atoms with Crippen molar-refractivity contribution >= 4 is 44.6 Å². The van der Waals surface area contributed by atoms with E-state index in [-0.39, 0.29) is 0 Å². The van der Waals surface area contributed by atoms with E-state index in [1.807, 2.05) is 24.4 Å². The third kappa shape index (κ3) is 3.24. The Hall–Kier alpha value is -4.70. The maximum Gasteiger partial charge on any atom is 0.0885 e. The molecule has 6 aromatic rings. The molecule has 0 N–H and O–H groups in total. The Bertz CT molecular complexity index is 1700. The summed E-state index contributed by atoms with van der Waals surface area (Å²) in [5, 5.41) is 3.72. The van der Waals surface area contributed by atoms with E-state index in [0.717, 1.165) is 22.6 Å². The zero-order chi connectivity index (χ0) is 22.9. The molecule has 162 valence electrons. The third-order valence-corrected chi connectivity index (χ3v) is 6.11. The number of pyridine rings is 1. The first-order valence-corrected chi connectivity index (χ1v) is 11.2. The number of benzene rings is 3. The average molecular weight is 439 g/mol. The molecule has 0 spiro atoms. The van der Waals surface area contributed by atoms with Crippen LogP contribution in [-0.4, -0.2) is 19.8 Å². The molecule has 0 fully saturated rings. The van der Waals surface area contributed by atoms with E-state index in [1.54, 1.807) is 18.5 Å². The Morgan fingerprint density at radius 2 is 1.53 bits per heavy atom. The monoisotopic (exact) mass is 438 g/mol. The van der Waals surface area contributed by atoms with E-state index < -0.39 is 0 Å². The highest BCUT2D eigenvalue weighted by molar-refractivity contribution is 6.21. The Morgan fingerprint density at radius 3 is 2.35 bits per heavy atom. The van der Waals surface area contributed by atoms with Crippen molar-refractivity contribution in [2.45, 2.75) is 0 Å². The zero-order valence-electron chi connectivity index (χ0n) is 18.5. The molecule has 3 aromatic heterocycles. The van der Waals surface area contributed by atoms with Gasteiger partial charge < -0.3 is 9.13 Å². The van der Waals surface area contributed by atoms with Gasteiger partial charge in [-0.1, -0.05) is 49.0 Å². The molecule has 0 amide bonds. The second kappa shape index (κ2) is 8.34. The first-order valence-electron chi connectivity index (χ1n) is 11.2. The van der Waals surface area contributed by atoms with Crippen molar-refractivity contribution in [2.24, 2.45) is 4.99 Å². The van der Waals surface area contributed by atoms with Crippen LogP contribution >= 0.6 is 0 Å². The minimum absolute atomic E-state index is 0.738. The van der Waals surface area contributed by atoms with Crippen LogP contribution in [0.1, 0.15) is 5.69 Å². The molecule has 0 bridgehead atoms. The topological polar surface area (TPSA) is 35.1 Å². The summed E-state index contributed by atoms with van der Waals surface area (Å²) < 4.78 is 4.44. The Morgan fingerprint density at radius 1 is 0.765 bits per heavy atom. The van der Waals surface area contributed by atoms with Gasteiger partial charge in [0, 0.05) is 46.6 Å².